The monoisotopic (exact) mass is 200 g/mol. The molecule has 1 rings (SSSR count). The Bertz CT molecular complexity index is 317. The van der Waals surface area contributed by atoms with Crippen LogP contribution in [0.2, 0.25) is 5.02 Å². The van der Waals surface area contributed by atoms with Crippen LogP contribution in [-0.2, 0) is 11.2 Å². The number of carboxylic acid groups (broad SMARTS) is 1. The minimum absolute atomic E-state index is 0.239. The molecule has 3 N–H and O–H groups in total. The van der Waals surface area contributed by atoms with E-state index in [1.807, 2.05) is 0 Å². The van der Waals surface area contributed by atoms with Crippen molar-refractivity contribution in [3.63, 3.8) is 0 Å². The maximum atomic E-state index is 10.4. The molecule has 1 aromatic rings. The van der Waals surface area contributed by atoms with E-state index in [2.05, 4.69) is 4.98 Å². The zero-order valence-electron chi connectivity index (χ0n) is 6.77. The van der Waals surface area contributed by atoms with Gasteiger partial charge in [-0.25, -0.2) is 0 Å². The number of pyridine rings is 1. The van der Waals surface area contributed by atoms with E-state index in [0.717, 1.165) is 5.56 Å². The van der Waals surface area contributed by atoms with Crippen molar-refractivity contribution in [3.05, 3.63) is 29.0 Å². The number of halogens is 1. The zero-order chi connectivity index (χ0) is 9.84. The lowest BCUT2D eigenvalue weighted by molar-refractivity contribution is -0.138. The van der Waals surface area contributed by atoms with Crippen molar-refractivity contribution < 1.29 is 9.90 Å². The van der Waals surface area contributed by atoms with Crippen LogP contribution in [0.25, 0.3) is 0 Å². The van der Waals surface area contributed by atoms with Gasteiger partial charge in [0.15, 0.2) is 0 Å². The van der Waals surface area contributed by atoms with E-state index in [0.29, 0.717) is 5.02 Å². The first-order chi connectivity index (χ1) is 6.09. The molecule has 0 aliphatic heterocycles. The first-order valence-corrected chi connectivity index (χ1v) is 4.05. The van der Waals surface area contributed by atoms with Gasteiger partial charge in [-0.05, 0) is 18.1 Å². The molecule has 0 aliphatic rings. The molecule has 1 heterocycles. The average Bonchev–Trinajstić information content (AvgIpc) is 2.04. The van der Waals surface area contributed by atoms with Crippen molar-refractivity contribution in [1.82, 2.24) is 4.98 Å². The van der Waals surface area contributed by atoms with Crippen LogP contribution < -0.4 is 5.73 Å². The predicted molar refractivity (Wildman–Crippen MR) is 48.6 cm³/mol. The molecule has 5 heteroatoms. The summed E-state index contributed by atoms with van der Waals surface area (Å²) in [5.74, 6) is -1.03. The normalized spacial score (nSPS) is 12.5. The third-order valence-corrected chi connectivity index (χ3v) is 1.74. The molecule has 0 aromatic carbocycles. The number of rotatable bonds is 3. The standard InChI is InChI=1S/C8H9ClN2O2/c9-6-1-5(3-11-4-6)2-7(10)8(12)13/h1,3-4,7H,2,10H2,(H,12,13). The number of nitrogens with two attached hydrogens (primary N) is 1. The van der Waals surface area contributed by atoms with Gasteiger partial charge in [0, 0.05) is 12.4 Å². The fourth-order valence-corrected chi connectivity index (χ4v) is 1.11. The van der Waals surface area contributed by atoms with Crippen molar-refractivity contribution in [1.29, 1.82) is 0 Å². The van der Waals surface area contributed by atoms with Crippen LogP contribution in [0.15, 0.2) is 18.5 Å². The Labute approximate surface area is 80.3 Å². The quantitative estimate of drug-likeness (QED) is 0.753. The van der Waals surface area contributed by atoms with Crippen LogP contribution >= 0.6 is 11.6 Å². The van der Waals surface area contributed by atoms with Crippen LogP contribution in [0, 0.1) is 0 Å². The summed E-state index contributed by atoms with van der Waals surface area (Å²) in [6.07, 6.45) is 3.27. The molecule has 0 bridgehead atoms. The predicted octanol–water partition coefficient (Wildman–Crippen LogP) is 0.689. The fraction of sp³-hybridized carbons (Fsp3) is 0.250. The summed E-state index contributed by atoms with van der Waals surface area (Å²) in [7, 11) is 0. The molecule has 1 atom stereocenters. The SMILES string of the molecule is NC(Cc1cncc(Cl)c1)C(=O)O. The Morgan fingerprint density at radius 2 is 2.38 bits per heavy atom. The molecule has 0 radical (unpaired) electrons. The molecule has 4 nitrogen and oxygen atoms in total. The van der Waals surface area contributed by atoms with Gasteiger partial charge in [0.05, 0.1) is 5.02 Å². The van der Waals surface area contributed by atoms with E-state index in [9.17, 15) is 4.79 Å². The summed E-state index contributed by atoms with van der Waals surface area (Å²) in [6, 6.07) is 0.748. The topological polar surface area (TPSA) is 76.2 Å². The summed E-state index contributed by atoms with van der Waals surface area (Å²) in [5, 5.41) is 9.02. The van der Waals surface area contributed by atoms with Gasteiger partial charge in [-0.15, -0.1) is 0 Å². The third kappa shape index (κ3) is 3.01. The van der Waals surface area contributed by atoms with Crippen molar-refractivity contribution in [2.75, 3.05) is 0 Å². The molecular weight excluding hydrogens is 192 g/mol. The van der Waals surface area contributed by atoms with E-state index in [1.54, 1.807) is 12.3 Å². The molecule has 0 saturated carbocycles. The van der Waals surface area contributed by atoms with E-state index < -0.39 is 12.0 Å². The summed E-state index contributed by atoms with van der Waals surface area (Å²) in [5.41, 5.74) is 6.05. The maximum absolute atomic E-state index is 10.4. The Hall–Kier alpha value is -1.13. The smallest absolute Gasteiger partial charge is 0.320 e. The van der Waals surface area contributed by atoms with Gasteiger partial charge in [0.1, 0.15) is 6.04 Å². The second-order valence-corrected chi connectivity index (χ2v) is 3.10. The van der Waals surface area contributed by atoms with Gasteiger partial charge in [-0.1, -0.05) is 11.6 Å². The minimum Gasteiger partial charge on any atom is -0.480 e. The minimum atomic E-state index is -1.03. The number of carboxylic acids is 1. The largest absolute Gasteiger partial charge is 0.480 e. The molecule has 1 unspecified atom stereocenters. The van der Waals surface area contributed by atoms with Crippen LogP contribution in [-0.4, -0.2) is 22.1 Å². The Morgan fingerprint density at radius 1 is 1.69 bits per heavy atom. The summed E-state index contributed by atoms with van der Waals surface area (Å²) in [6.45, 7) is 0. The summed E-state index contributed by atoms with van der Waals surface area (Å²) >= 11 is 5.66. The first kappa shape index (κ1) is 9.95. The zero-order valence-corrected chi connectivity index (χ0v) is 7.53. The molecule has 1 aromatic heterocycles. The molecule has 0 aliphatic carbocycles. The Kier molecular flexibility index (Phi) is 3.22. The Morgan fingerprint density at radius 3 is 2.92 bits per heavy atom. The van der Waals surface area contributed by atoms with Gasteiger partial charge in [0.2, 0.25) is 0 Å². The molecular formula is C8H9ClN2O2. The van der Waals surface area contributed by atoms with Gasteiger partial charge in [-0.3, -0.25) is 9.78 Å². The van der Waals surface area contributed by atoms with Crippen LogP contribution in [0.4, 0.5) is 0 Å². The van der Waals surface area contributed by atoms with E-state index in [4.69, 9.17) is 22.4 Å². The van der Waals surface area contributed by atoms with Crippen molar-refractivity contribution in [3.8, 4) is 0 Å². The number of hydrogen-bond acceptors (Lipinski definition) is 3. The lowest BCUT2D eigenvalue weighted by Gasteiger charge is -2.05. The van der Waals surface area contributed by atoms with Gasteiger partial charge in [0.25, 0.3) is 0 Å². The van der Waals surface area contributed by atoms with Crippen LogP contribution in [0.3, 0.4) is 0 Å². The van der Waals surface area contributed by atoms with Crippen LogP contribution in [0.1, 0.15) is 5.56 Å². The summed E-state index contributed by atoms with van der Waals surface area (Å²) in [4.78, 5) is 14.2. The number of carbonyl (C=O) groups is 1. The van der Waals surface area contributed by atoms with E-state index in [-0.39, 0.29) is 6.42 Å². The van der Waals surface area contributed by atoms with Crippen molar-refractivity contribution in [2.24, 2.45) is 5.73 Å². The maximum Gasteiger partial charge on any atom is 0.320 e. The van der Waals surface area contributed by atoms with Gasteiger partial charge >= 0.3 is 5.97 Å². The van der Waals surface area contributed by atoms with Crippen molar-refractivity contribution >= 4 is 17.6 Å². The molecule has 0 saturated heterocycles. The number of aliphatic carboxylic acids is 1. The highest BCUT2D eigenvalue weighted by molar-refractivity contribution is 6.30. The second kappa shape index (κ2) is 4.20. The second-order valence-electron chi connectivity index (χ2n) is 2.66. The summed E-state index contributed by atoms with van der Waals surface area (Å²) < 4.78 is 0. The fourth-order valence-electron chi connectivity index (χ4n) is 0.909. The third-order valence-electron chi connectivity index (χ3n) is 1.53. The highest BCUT2D eigenvalue weighted by Crippen LogP contribution is 2.09. The van der Waals surface area contributed by atoms with Crippen LogP contribution in [0.5, 0.6) is 0 Å². The van der Waals surface area contributed by atoms with E-state index >= 15 is 0 Å². The van der Waals surface area contributed by atoms with E-state index in [1.165, 1.54) is 6.20 Å². The highest BCUT2D eigenvalue weighted by atomic mass is 35.5. The van der Waals surface area contributed by atoms with Gasteiger partial charge < -0.3 is 10.8 Å². The molecule has 13 heavy (non-hydrogen) atoms. The molecule has 0 spiro atoms. The molecule has 0 fully saturated rings. The highest BCUT2D eigenvalue weighted by Gasteiger charge is 2.11. The van der Waals surface area contributed by atoms with Crippen molar-refractivity contribution in [2.45, 2.75) is 12.5 Å². The number of nitrogens with zero attached hydrogens (tertiary/aromatic N) is 1. The van der Waals surface area contributed by atoms with Gasteiger partial charge in [-0.2, -0.15) is 0 Å². The lowest BCUT2D eigenvalue weighted by Crippen LogP contribution is -2.32. The Balaban J connectivity index is 2.69. The average molecular weight is 201 g/mol. The molecule has 0 amide bonds. The molecule has 70 valence electrons. The number of hydrogen-bond donors (Lipinski definition) is 2. The first-order valence-electron chi connectivity index (χ1n) is 3.67. The number of aromatic nitrogens is 1. The lowest BCUT2D eigenvalue weighted by atomic mass is 10.1.